The molecule has 21 heavy (non-hydrogen) atoms. The van der Waals surface area contributed by atoms with Gasteiger partial charge in [0.2, 0.25) is 0 Å². The van der Waals surface area contributed by atoms with Crippen molar-refractivity contribution in [2.24, 2.45) is 0 Å². The van der Waals surface area contributed by atoms with Crippen LogP contribution in [-0.4, -0.2) is 53.1 Å². The second kappa shape index (κ2) is 6.39. The van der Waals surface area contributed by atoms with Gasteiger partial charge in [0.05, 0.1) is 5.37 Å². The molecule has 1 saturated heterocycles. The highest BCUT2D eigenvalue weighted by Gasteiger charge is 2.41. The average Bonchev–Trinajstić information content (AvgIpc) is 2.90. The fourth-order valence-corrected chi connectivity index (χ4v) is 3.75. The molecule has 2 unspecified atom stereocenters. The first-order valence-corrected chi connectivity index (χ1v) is 7.95. The van der Waals surface area contributed by atoms with E-state index in [0.29, 0.717) is 11.3 Å². The highest BCUT2D eigenvalue weighted by molar-refractivity contribution is 8.00. The number of hydrogen-bond donors (Lipinski definition) is 1. The van der Waals surface area contributed by atoms with E-state index < -0.39 is 12.0 Å². The molecule has 1 aliphatic rings. The molecular formula is C15H20N2O3S. The number of carboxylic acids is 1. The molecule has 1 aromatic carbocycles. The van der Waals surface area contributed by atoms with Crippen LogP contribution in [0.1, 0.15) is 23.7 Å². The predicted molar refractivity (Wildman–Crippen MR) is 84.9 cm³/mol. The van der Waals surface area contributed by atoms with Gasteiger partial charge in [0.1, 0.15) is 6.04 Å². The van der Waals surface area contributed by atoms with Crippen LogP contribution in [-0.2, 0) is 4.79 Å². The van der Waals surface area contributed by atoms with Crippen LogP contribution >= 0.6 is 11.8 Å². The molecule has 2 rings (SSSR count). The summed E-state index contributed by atoms with van der Waals surface area (Å²) in [5, 5.41) is 9.25. The number of nitrogens with zero attached hydrogens (tertiary/aromatic N) is 2. The number of anilines is 1. The molecule has 1 aromatic rings. The number of amides is 1. The van der Waals surface area contributed by atoms with Crippen LogP contribution in [0.4, 0.5) is 5.69 Å². The van der Waals surface area contributed by atoms with Gasteiger partial charge in [-0.2, -0.15) is 0 Å². The van der Waals surface area contributed by atoms with Crippen LogP contribution in [0.25, 0.3) is 0 Å². The summed E-state index contributed by atoms with van der Waals surface area (Å²) in [5.74, 6) is -0.689. The van der Waals surface area contributed by atoms with Crippen molar-refractivity contribution in [2.45, 2.75) is 24.8 Å². The van der Waals surface area contributed by atoms with E-state index in [4.69, 9.17) is 0 Å². The Morgan fingerprint density at radius 1 is 1.43 bits per heavy atom. The van der Waals surface area contributed by atoms with E-state index in [0.717, 1.165) is 12.1 Å². The molecule has 1 fully saturated rings. The molecule has 1 heterocycles. The first-order chi connectivity index (χ1) is 9.95. The third-order valence-corrected chi connectivity index (χ3v) is 5.02. The van der Waals surface area contributed by atoms with Crippen LogP contribution < -0.4 is 4.90 Å². The summed E-state index contributed by atoms with van der Waals surface area (Å²) < 4.78 is 0. The minimum Gasteiger partial charge on any atom is -0.480 e. The standard InChI is InChI=1S/C15H20N2O3S/c1-4-13-17(12(9-21-13)15(19)20)14(18)10-6-5-7-11(8-10)16(2)3/h5-8,12-13H,4,9H2,1-3H3,(H,19,20). The third kappa shape index (κ3) is 3.15. The molecule has 2 atom stereocenters. The maximum atomic E-state index is 12.7. The normalized spacial score (nSPS) is 21.4. The number of carbonyl (C=O) groups excluding carboxylic acids is 1. The molecular weight excluding hydrogens is 288 g/mol. The summed E-state index contributed by atoms with van der Waals surface area (Å²) in [6.45, 7) is 1.97. The fourth-order valence-electron chi connectivity index (χ4n) is 2.41. The lowest BCUT2D eigenvalue weighted by atomic mass is 10.1. The van der Waals surface area contributed by atoms with Crippen LogP contribution in [0.5, 0.6) is 0 Å². The summed E-state index contributed by atoms with van der Waals surface area (Å²) >= 11 is 1.53. The molecule has 0 aromatic heterocycles. The van der Waals surface area contributed by atoms with Crippen molar-refractivity contribution in [2.75, 3.05) is 24.7 Å². The minimum atomic E-state index is -0.935. The van der Waals surface area contributed by atoms with Crippen LogP contribution in [0.15, 0.2) is 24.3 Å². The molecule has 0 spiro atoms. The molecule has 1 amide bonds. The lowest BCUT2D eigenvalue weighted by molar-refractivity contribution is -0.141. The Labute approximate surface area is 128 Å². The van der Waals surface area contributed by atoms with E-state index in [1.165, 1.54) is 16.7 Å². The zero-order valence-corrected chi connectivity index (χ0v) is 13.3. The van der Waals surface area contributed by atoms with E-state index >= 15 is 0 Å². The smallest absolute Gasteiger partial charge is 0.327 e. The second-order valence-corrected chi connectivity index (χ2v) is 6.42. The molecule has 1 aliphatic heterocycles. The van der Waals surface area contributed by atoms with Gasteiger partial charge >= 0.3 is 5.97 Å². The largest absolute Gasteiger partial charge is 0.480 e. The van der Waals surface area contributed by atoms with Crippen molar-refractivity contribution in [3.05, 3.63) is 29.8 Å². The Bertz CT molecular complexity index is 547. The summed E-state index contributed by atoms with van der Waals surface area (Å²) in [6.07, 6.45) is 0.744. The zero-order chi connectivity index (χ0) is 15.6. The number of carboxylic acid groups (broad SMARTS) is 1. The Kier molecular flexibility index (Phi) is 4.77. The quantitative estimate of drug-likeness (QED) is 0.923. The molecule has 1 N–H and O–H groups in total. The van der Waals surface area contributed by atoms with Gasteiger partial charge in [-0.3, -0.25) is 4.79 Å². The van der Waals surface area contributed by atoms with E-state index in [1.807, 2.05) is 38.1 Å². The maximum Gasteiger partial charge on any atom is 0.327 e. The van der Waals surface area contributed by atoms with E-state index in [-0.39, 0.29) is 11.3 Å². The summed E-state index contributed by atoms with van der Waals surface area (Å²) in [4.78, 5) is 27.5. The monoisotopic (exact) mass is 308 g/mol. The minimum absolute atomic E-state index is 0.0680. The van der Waals surface area contributed by atoms with Gasteiger partial charge in [-0.1, -0.05) is 13.0 Å². The highest BCUT2D eigenvalue weighted by atomic mass is 32.2. The predicted octanol–water partition coefficient (Wildman–Crippen LogP) is 2.13. The van der Waals surface area contributed by atoms with Crippen molar-refractivity contribution in [3.63, 3.8) is 0 Å². The molecule has 0 saturated carbocycles. The number of benzene rings is 1. The first kappa shape index (κ1) is 15.7. The molecule has 6 heteroatoms. The molecule has 5 nitrogen and oxygen atoms in total. The molecule has 0 radical (unpaired) electrons. The number of hydrogen-bond acceptors (Lipinski definition) is 4. The Morgan fingerprint density at radius 2 is 2.14 bits per heavy atom. The van der Waals surface area contributed by atoms with Crippen molar-refractivity contribution in [3.8, 4) is 0 Å². The van der Waals surface area contributed by atoms with Crippen molar-refractivity contribution >= 4 is 29.3 Å². The maximum absolute atomic E-state index is 12.7. The van der Waals surface area contributed by atoms with Crippen LogP contribution in [0, 0.1) is 0 Å². The third-order valence-electron chi connectivity index (χ3n) is 3.57. The average molecular weight is 308 g/mol. The fraction of sp³-hybridized carbons (Fsp3) is 0.467. The zero-order valence-electron chi connectivity index (χ0n) is 12.4. The first-order valence-electron chi connectivity index (χ1n) is 6.90. The lowest BCUT2D eigenvalue weighted by Crippen LogP contribution is -2.45. The van der Waals surface area contributed by atoms with Crippen LogP contribution in [0.2, 0.25) is 0 Å². The van der Waals surface area contributed by atoms with Gasteiger partial charge in [-0.15, -0.1) is 11.8 Å². The Balaban J connectivity index is 2.32. The van der Waals surface area contributed by atoms with Gasteiger partial charge in [0, 0.05) is 31.1 Å². The molecule has 0 aliphatic carbocycles. The SMILES string of the molecule is CCC1SCC(C(=O)O)N1C(=O)c1cccc(N(C)C)c1. The molecule has 0 bridgehead atoms. The molecule has 114 valence electrons. The van der Waals surface area contributed by atoms with E-state index in [1.54, 1.807) is 12.1 Å². The number of aliphatic carboxylic acids is 1. The Morgan fingerprint density at radius 3 is 2.71 bits per heavy atom. The topological polar surface area (TPSA) is 60.9 Å². The van der Waals surface area contributed by atoms with Gasteiger partial charge in [0.15, 0.2) is 0 Å². The summed E-state index contributed by atoms with van der Waals surface area (Å²) in [6, 6.07) is 6.54. The van der Waals surface area contributed by atoms with Crippen LogP contribution in [0.3, 0.4) is 0 Å². The second-order valence-electron chi connectivity index (χ2n) is 5.21. The Hall–Kier alpha value is -1.69. The van der Waals surface area contributed by atoms with Gasteiger partial charge < -0.3 is 14.9 Å². The van der Waals surface area contributed by atoms with Crippen molar-refractivity contribution < 1.29 is 14.7 Å². The van der Waals surface area contributed by atoms with E-state index in [2.05, 4.69) is 0 Å². The summed E-state index contributed by atoms with van der Waals surface area (Å²) in [5.41, 5.74) is 1.46. The summed E-state index contributed by atoms with van der Waals surface area (Å²) in [7, 11) is 3.81. The van der Waals surface area contributed by atoms with Crippen molar-refractivity contribution in [1.82, 2.24) is 4.90 Å². The van der Waals surface area contributed by atoms with E-state index in [9.17, 15) is 14.7 Å². The lowest BCUT2D eigenvalue weighted by Gasteiger charge is -2.27. The number of rotatable bonds is 4. The van der Waals surface area contributed by atoms with Crippen molar-refractivity contribution in [1.29, 1.82) is 0 Å². The number of thioether (sulfide) groups is 1. The van der Waals surface area contributed by atoms with Gasteiger partial charge in [-0.25, -0.2) is 4.79 Å². The van der Waals surface area contributed by atoms with Gasteiger partial charge in [-0.05, 0) is 24.6 Å². The van der Waals surface area contributed by atoms with Gasteiger partial charge in [0.25, 0.3) is 5.91 Å². The number of carbonyl (C=O) groups is 2. The highest BCUT2D eigenvalue weighted by Crippen LogP contribution is 2.33.